The number of H-pyrrole nitrogens is 1. The summed E-state index contributed by atoms with van der Waals surface area (Å²) in [6.07, 6.45) is 8.05. The van der Waals surface area contributed by atoms with E-state index in [9.17, 15) is 4.39 Å². The number of anilines is 1. The van der Waals surface area contributed by atoms with Gasteiger partial charge < -0.3 is 5.32 Å². The van der Waals surface area contributed by atoms with Crippen molar-refractivity contribution in [2.24, 2.45) is 0 Å². The molecule has 4 heterocycles. The first-order valence-electron chi connectivity index (χ1n) is 9.38. The van der Waals surface area contributed by atoms with Crippen molar-refractivity contribution in [3.8, 4) is 21.3 Å². The summed E-state index contributed by atoms with van der Waals surface area (Å²) >= 11 is 1.52. The minimum absolute atomic E-state index is 0.243. The van der Waals surface area contributed by atoms with Crippen LogP contribution in [0, 0.1) is 5.82 Å². The molecule has 0 aliphatic heterocycles. The third-order valence-electron chi connectivity index (χ3n) is 5.33. The fraction of sp³-hybridized carbons (Fsp3) is 0.250. The second-order valence-electron chi connectivity index (χ2n) is 7.13. The Labute approximate surface area is 170 Å². The zero-order valence-corrected chi connectivity index (χ0v) is 16.3. The Morgan fingerprint density at radius 3 is 2.72 bits per heavy atom. The largest absolute Gasteiger partial charge is 0.368 e. The van der Waals surface area contributed by atoms with Crippen LogP contribution in [-0.4, -0.2) is 36.9 Å². The van der Waals surface area contributed by atoms with Crippen LogP contribution in [0.5, 0.6) is 0 Å². The van der Waals surface area contributed by atoms with E-state index in [1.54, 1.807) is 24.7 Å². The van der Waals surface area contributed by atoms with Crippen LogP contribution < -0.4 is 5.32 Å². The lowest BCUT2D eigenvalue weighted by Crippen LogP contribution is -2.42. The third kappa shape index (κ3) is 3.38. The molecule has 0 radical (unpaired) electrons. The van der Waals surface area contributed by atoms with Gasteiger partial charge in [0, 0.05) is 30.6 Å². The fourth-order valence-corrected chi connectivity index (χ4v) is 4.44. The summed E-state index contributed by atoms with van der Waals surface area (Å²) in [5.41, 5.74) is 1.89. The number of aromatic amines is 1. The quantitative estimate of drug-likeness (QED) is 0.501. The number of hydrogen-bond acceptors (Lipinski definition) is 7. The molecule has 1 aliphatic carbocycles. The molecule has 1 saturated carbocycles. The highest BCUT2D eigenvalue weighted by Crippen LogP contribution is 2.43. The van der Waals surface area contributed by atoms with Gasteiger partial charge >= 0.3 is 0 Å². The van der Waals surface area contributed by atoms with E-state index < -0.39 is 0 Å². The number of rotatable bonds is 6. The summed E-state index contributed by atoms with van der Waals surface area (Å²) < 4.78 is 14.2. The van der Waals surface area contributed by atoms with Gasteiger partial charge in [0.25, 0.3) is 0 Å². The Kier molecular flexibility index (Phi) is 4.51. The molecule has 2 N–H and O–H groups in total. The molecule has 0 bridgehead atoms. The highest BCUT2D eigenvalue weighted by atomic mass is 32.1. The maximum atomic E-state index is 14.2. The molecule has 1 fully saturated rings. The van der Waals surface area contributed by atoms with Crippen LogP contribution in [0.3, 0.4) is 0 Å². The van der Waals surface area contributed by atoms with Crippen molar-refractivity contribution < 1.29 is 4.39 Å². The maximum absolute atomic E-state index is 14.2. The summed E-state index contributed by atoms with van der Waals surface area (Å²) in [6.45, 7) is 0.580. The van der Waals surface area contributed by atoms with Gasteiger partial charge in [-0.25, -0.2) is 9.37 Å². The van der Waals surface area contributed by atoms with Crippen LogP contribution in [0.2, 0.25) is 0 Å². The monoisotopic (exact) mass is 407 g/mol. The van der Waals surface area contributed by atoms with Crippen molar-refractivity contribution in [2.75, 3.05) is 11.9 Å². The smallest absolute Gasteiger partial charge is 0.148 e. The maximum Gasteiger partial charge on any atom is 0.148 e. The first-order chi connectivity index (χ1) is 14.2. The predicted molar refractivity (Wildman–Crippen MR) is 109 cm³/mol. The Bertz CT molecular complexity index is 1100. The zero-order valence-electron chi connectivity index (χ0n) is 15.5. The molecule has 4 aromatic heterocycles. The van der Waals surface area contributed by atoms with Crippen LogP contribution in [0.4, 0.5) is 10.2 Å². The summed E-state index contributed by atoms with van der Waals surface area (Å²) in [5.74, 6) is 0.411. The van der Waals surface area contributed by atoms with Crippen molar-refractivity contribution in [1.82, 2.24) is 30.4 Å². The Morgan fingerprint density at radius 1 is 1.10 bits per heavy atom. The molecular weight excluding hydrogens is 389 g/mol. The molecule has 0 unspecified atom stereocenters. The first-order valence-corrected chi connectivity index (χ1v) is 10.2. The molecule has 146 valence electrons. The van der Waals surface area contributed by atoms with Gasteiger partial charge in [-0.15, -0.1) is 21.5 Å². The Hall–Kier alpha value is -3.20. The number of aromatic nitrogens is 6. The van der Waals surface area contributed by atoms with Gasteiger partial charge in [-0.1, -0.05) is 6.42 Å². The van der Waals surface area contributed by atoms with Crippen molar-refractivity contribution >= 4 is 17.2 Å². The lowest BCUT2D eigenvalue weighted by molar-refractivity contribution is 0.243. The highest BCUT2D eigenvalue weighted by Gasteiger charge is 2.41. The second kappa shape index (κ2) is 7.32. The van der Waals surface area contributed by atoms with E-state index >= 15 is 0 Å². The van der Waals surface area contributed by atoms with E-state index in [2.05, 4.69) is 35.7 Å². The summed E-state index contributed by atoms with van der Waals surface area (Å²) in [5, 5.41) is 19.6. The number of hydrogen-bond donors (Lipinski definition) is 2. The van der Waals surface area contributed by atoms with Crippen LogP contribution in [0.1, 0.15) is 25.0 Å². The lowest BCUT2D eigenvalue weighted by Gasteiger charge is -2.41. The van der Waals surface area contributed by atoms with Crippen molar-refractivity contribution in [3.63, 3.8) is 0 Å². The van der Waals surface area contributed by atoms with Gasteiger partial charge in [-0.05, 0) is 43.2 Å². The SMILES string of the molecule is Fc1cccnc1C1(CNc2ccc(-c3ncc(-c4ccn[nH]4)s3)nn2)CCC1. The molecule has 0 amide bonds. The van der Waals surface area contributed by atoms with E-state index in [0.29, 0.717) is 23.8 Å². The molecule has 5 rings (SSSR count). The average molecular weight is 407 g/mol. The molecule has 0 saturated heterocycles. The number of nitrogens with one attached hydrogen (secondary N) is 2. The van der Waals surface area contributed by atoms with E-state index in [4.69, 9.17) is 0 Å². The van der Waals surface area contributed by atoms with Gasteiger partial charge in [0.15, 0.2) is 0 Å². The number of thiazole rings is 1. The number of nitrogens with zero attached hydrogens (tertiary/aromatic N) is 5. The van der Waals surface area contributed by atoms with Gasteiger partial charge in [-0.2, -0.15) is 5.10 Å². The third-order valence-corrected chi connectivity index (χ3v) is 6.39. The standard InChI is InChI=1S/C20H18FN7S/c21-13-3-1-9-22-18(13)20(7-2-8-20)12-24-17-5-4-15(27-28-17)19-23-11-16(29-19)14-6-10-25-26-14/h1,3-6,9-11H,2,7-8,12H2,(H,24,28)(H,25,26). The first kappa shape index (κ1) is 17.9. The molecular formula is C20H18FN7S. The zero-order chi connectivity index (χ0) is 19.7. The molecule has 9 heteroatoms. The predicted octanol–water partition coefficient (Wildman–Crippen LogP) is 4.06. The van der Waals surface area contributed by atoms with Crippen LogP contribution in [0.25, 0.3) is 21.3 Å². The topological polar surface area (TPSA) is 92.3 Å². The lowest BCUT2D eigenvalue weighted by atomic mass is 9.66. The van der Waals surface area contributed by atoms with Crippen LogP contribution in [0.15, 0.2) is 48.9 Å². The molecule has 7 nitrogen and oxygen atoms in total. The van der Waals surface area contributed by atoms with Gasteiger partial charge in [-0.3, -0.25) is 10.1 Å². The minimum atomic E-state index is -0.278. The van der Waals surface area contributed by atoms with Crippen molar-refractivity contribution in [2.45, 2.75) is 24.7 Å². The molecule has 29 heavy (non-hydrogen) atoms. The highest BCUT2D eigenvalue weighted by molar-refractivity contribution is 7.18. The summed E-state index contributed by atoms with van der Waals surface area (Å²) in [6, 6.07) is 8.76. The normalized spacial score (nSPS) is 15.1. The molecule has 4 aromatic rings. The molecule has 0 aromatic carbocycles. The minimum Gasteiger partial charge on any atom is -0.368 e. The summed E-state index contributed by atoms with van der Waals surface area (Å²) in [4.78, 5) is 9.72. The summed E-state index contributed by atoms with van der Waals surface area (Å²) in [7, 11) is 0. The van der Waals surface area contributed by atoms with Gasteiger partial charge in [0.2, 0.25) is 0 Å². The van der Waals surface area contributed by atoms with Crippen LogP contribution in [-0.2, 0) is 5.41 Å². The van der Waals surface area contributed by atoms with E-state index in [1.165, 1.54) is 17.4 Å². The molecule has 1 aliphatic rings. The van der Waals surface area contributed by atoms with Gasteiger partial charge in [0.05, 0.1) is 16.3 Å². The van der Waals surface area contributed by atoms with Gasteiger partial charge in [0.1, 0.15) is 22.3 Å². The second-order valence-corrected chi connectivity index (χ2v) is 8.16. The number of pyridine rings is 1. The Balaban J connectivity index is 1.29. The van der Waals surface area contributed by atoms with Crippen molar-refractivity contribution in [3.05, 3.63) is 60.4 Å². The molecule has 0 atom stereocenters. The Morgan fingerprint density at radius 2 is 2.03 bits per heavy atom. The molecule has 0 spiro atoms. The van der Waals surface area contributed by atoms with E-state index in [1.807, 2.05) is 18.2 Å². The fourth-order valence-electron chi connectivity index (χ4n) is 3.59. The van der Waals surface area contributed by atoms with E-state index in [0.717, 1.165) is 34.8 Å². The van der Waals surface area contributed by atoms with Crippen molar-refractivity contribution in [1.29, 1.82) is 0 Å². The van der Waals surface area contributed by atoms with Crippen LogP contribution >= 0.6 is 11.3 Å². The number of halogens is 1. The average Bonchev–Trinajstić information content (AvgIpc) is 3.41. The van der Waals surface area contributed by atoms with E-state index in [-0.39, 0.29) is 11.2 Å².